The van der Waals surface area contributed by atoms with E-state index in [2.05, 4.69) is 22.3 Å². The van der Waals surface area contributed by atoms with Gasteiger partial charge in [0.05, 0.1) is 19.8 Å². The van der Waals surface area contributed by atoms with Crippen LogP contribution in [0.1, 0.15) is 5.56 Å². The Balaban J connectivity index is 1.60. The summed E-state index contributed by atoms with van der Waals surface area (Å²) in [6.07, 6.45) is 0.125. The fourth-order valence-corrected chi connectivity index (χ4v) is 2.61. The molecule has 2 saturated heterocycles. The average molecular weight is 261 g/mol. The van der Waals surface area contributed by atoms with Gasteiger partial charge in [-0.1, -0.05) is 30.3 Å². The molecule has 2 heterocycles. The summed E-state index contributed by atoms with van der Waals surface area (Å²) in [5, 5.41) is 3.05. The molecule has 1 aromatic carbocycles. The number of morpholine rings is 1. The lowest BCUT2D eigenvalue weighted by atomic mass is 10.2. The number of nitrogens with one attached hydrogen (secondary N) is 1. The Kier molecular flexibility index (Phi) is 3.66. The van der Waals surface area contributed by atoms with Crippen molar-refractivity contribution >= 4 is 6.03 Å². The largest absolute Gasteiger partial charge is 0.379 e. The third-order valence-electron chi connectivity index (χ3n) is 3.67. The number of hydrogen-bond donors (Lipinski definition) is 1. The van der Waals surface area contributed by atoms with Crippen LogP contribution in [-0.2, 0) is 11.3 Å². The van der Waals surface area contributed by atoms with Gasteiger partial charge in [0.25, 0.3) is 0 Å². The molecule has 0 radical (unpaired) electrons. The summed E-state index contributed by atoms with van der Waals surface area (Å²) in [6, 6.07) is 10.1. The van der Waals surface area contributed by atoms with E-state index in [1.54, 1.807) is 0 Å². The minimum absolute atomic E-state index is 0.0281. The number of urea groups is 1. The van der Waals surface area contributed by atoms with Crippen molar-refractivity contribution in [1.29, 1.82) is 0 Å². The fourth-order valence-electron chi connectivity index (χ4n) is 2.61. The lowest BCUT2D eigenvalue weighted by Crippen LogP contribution is -2.49. The monoisotopic (exact) mass is 261 g/mol. The van der Waals surface area contributed by atoms with Crippen molar-refractivity contribution in [3.8, 4) is 0 Å². The highest BCUT2D eigenvalue weighted by Crippen LogP contribution is 2.13. The molecule has 0 bridgehead atoms. The molecule has 5 nitrogen and oxygen atoms in total. The molecule has 102 valence electrons. The second-order valence-corrected chi connectivity index (χ2v) is 4.98. The van der Waals surface area contributed by atoms with E-state index in [-0.39, 0.29) is 12.2 Å². The molecule has 1 N–H and O–H groups in total. The zero-order valence-electron chi connectivity index (χ0n) is 10.9. The Morgan fingerprint density at radius 2 is 1.95 bits per heavy atom. The summed E-state index contributed by atoms with van der Waals surface area (Å²) in [5.74, 6) is 0. The van der Waals surface area contributed by atoms with E-state index in [0.717, 1.165) is 32.8 Å². The molecule has 0 aromatic heterocycles. The molecule has 1 aromatic rings. The number of rotatable bonds is 3. The van der Waals surface area contributed by atoms with E-state index >= 15 is 0 Å². The first kappa shape index (κ1) is 12.4. The van der Waals surface area contributed by atoms with Crippen molar-refractivity contribution in [3.05, 3.63) is 35.9 Å². The zero-order valence-corrected chi connectivity index (χ0v) is 10.9. The summed E-state index contributed by atoms with van der Waals surface area (Å²) in [7, 11) is 0. The van der Waals surface area contributed by atoms with Gasteiger partial charge in [-0.3, -0.25) is 4.90 Å². The smallest absolute Gasteiger partial charge is 0.319 e. The topological polar surface area (TPSA) is 44.8 Å². The number of amides is 2. The van der Waals surface area contributed by atoms with Gasteiger partial charge in [-0.05, 0) is 5.56 Å². The molecule has 0 spiro atoms. The Morgan fingerprint density at radius 3 is 2.68 bits per heavy atom. The van der Waals surface area contributed by atoms with Crippen LogP contribution < -0.4 is 5.32 Å². The highest BCUT2D eigenvalue weighted by Gasteiger charge is 2.33. The molecule has 1 atom stereocenters. The Labute approximate surface area is 113 Å². The highest BCUT2D eigenvalue weighted by atomic mass is 16.5. The second-order valence-electron chi connectivity index (χ2n) is 4.98. The fraction of sp³-hybridized carbons (Fsp3) is 0.500. The van der Waals surface area contributed by atoms with Gasteiger partial charge in [0.1, 0.15) is 6.17 Å². The van der Waals surface area contributed by atoms with E-state index in [1.807, 2.05) is 23.1 Å². The van der Waals surface area contributed by atoms with Gasteiger partial charge in [-0.2, -0.15) is 0 Å². The molecular weight excluding hydrogens is 242 g/mol. The summed E-state index contributed by atoms with van der Waals surface area (Å²) in [6.45, 7) is 4.71. The number of benzene rings is 1. The van der Waals surface area contributed by atoms with E-state index in [9.17, 15) is 4.79 Å². The number of carbonyl (C=O) groups is 1. The third-order valence-corrected chi connectivity index (χ3v) is 3.67. The third kappa shape index (κ3) is 2.88. The molecule has 2 fully saturated rings. The Morgan fingerprint density at radius 1 is 1.21 bits per heavy atom. The van der Waals surface area contributed by atoms with Crippen LogP contribution in [0.4, 0.5) is 4.79 Å². The maximum atomic E-state index is 12.0. The van der Waals surface area contributed by atoms with Crippen LogP contribution in [-0.4, -0.2) is 54.8 Å². The molecule has 2 aliphatic heterocycles. The first-order chi connectivity index (χ1) is 9.33. The van der Waals surface area contributed by atoms with Gasteiger partial charge in [0.15, 0.2) is 0 Å². The van der Waals surface area contributed by atoms with Gasteiger partial charge in [-0.15, -0.1) is 0 Å². The van der Waals surface area contributed by atoms with E-state index < -0.39 is 0 Å². The van der Waals surface area contributed by atoms with Crippen LogP contribution in [0.2, 0.25) is 0 Å². The number of carbonyl (C=O) groups excluding carboxylic acids is 1. The predicted molar refractivity (Wildman–Crippen MR) is 71.6 cm³/mol. The van der Waals surface area contributed by atoms with Crippen molar-refractivity contribution in [2.75, 3.05) is 32.8 Å². The van der Waals surface area contributed by atoms with Crippen LogP contribution >= 0.6 is 0 Å². The van der Waals surface area contributed by atoms with Crippen molar-refractivity contribution in [3.63, 3.8) is 0 Å². The van der Waals surface area contributed by atoms with E-state index in [4.69, 9.17) is 4.74 Å². The molecule has 5 heteroatoms. The molecule has 0 saturated carbocycles. The maximum Gasteiger partial charge on any atom is 0.319 e. The summed E-state index contributed by atoms with van der Waals surface area (Å²) >= 11 is 0. The van der Waals surface area contributed by atoms with Crippen LogP contribution in [0.5, 0.6) is 0 Å². The van der Waals surface area contributed by atoms with Gasteiger partial charge in [0, 0.05) is 19.6 Å². The van der Waals surface area contributed by atoms with Gasteiger partial charge >= 0.3 is 6.03 Å². The van der Waals surface area contributed by atoms with Crippen LogP contribution in [0.15, 0.2) is 30.3 Å². The minimum atomic E-state index is 0.0281. The summed E-state index contributed by atoms with van der Waals surface area (Å²) < 4.78 is 5.34. The van der Waals surface area contributed by atoms with Crippen molar-refractivity contribution in [1.82, 2.24) is 15.1 Å². The average Bonchev–Trinajstić information content (AvgIpc) is 2.82. The standard InChI is InChI=1S/C14H19N3O2/c18-14-15-13(16-6-8-19-9-7-16)11-17(14)10-12-4-2-1-3-5-12/h1-5,13H,6-11H2,(H,15,18). The van der Waals surface area contributed by atoms with E-state index in [0.29, 0.717) is 6.54 Å². The SMILES string of the molecule is O=C1NC(N2CCOCC2)CN1Cc1ccccc1. The number of ether oxygens (including phenoxy) is 1. The lowest BCUT2D eigenvalue weighted by molar-refractivity contribution is 0.0144. The summed E-state index contributed by atoms with van der Waals surface area (Å²) in [4.78, 5) is 16.1. The molecule has 0 aliphatic carbocycles. The normalized spacial score (nSPS) is 24.5. The summed E-state index contributed by atoms with van der Waals surface area (Å²) in [5.41, 5.74) is 1.17. The Hall–Kier alpha value is -1.59. The number of nitrogens with zero attached hydrogens (tertiary/aromatic N) is 2. The molecule has 2 amide bonds. The predicted octanol–water partition coefficient (Wildman–Crippen LogP) is 0.870. The highest BCUT2D eigenvalue weighted by molar-refractivity contribution is 5.76. The Bertz CT molecular complexity index is 432. The zero-order chi connectivity index (χ0) is 13.1. The second kappa shape index (κ2) is 5.59. The minimum Gasteiger partial charge on any atom is -0.379 e. The van der Waals surface area contributed by atoms with Crippen LogP contribution in [0.25, 0.3) is 0 Å². The van der Waals surface area contributed by atoms with E-state index in [1.165, 1.54) is 5.56 Å². The first-order valence-electron chi connectivity index (χ1n) is 6.74. The van der Waals surface area contributed by atoms with Gasteiger partial charge in [-0.25, -0.2) is 4.79 Å². The van der Waals surface area contributed by atoms with Crippen LogP contribution in [0.3, 0.4) is 0 Å². The maximum absolute atomic E-state index is 12.0. The molecule has 3 rings (SSSR count). The number of hydrogen-bond acceptors (Lipinski definition) is 3. The molecule has 2 aliphatic rings. The molecule has 19 heavy (non-hydrogen) atoms. The van der Waals surface area contributed by atoms with Crippen molar-refractivity contribution in [2.24, 2.45) is 0 Å². The first-order valence-corrected chi connectivity index (χ1v) is 6.74. The van der Waals surface area contributed by atoms with Gasteiger partial charge < -0.3 is 15.0 Å². The molecular formula is C14H19N3O2. The van der Waals surface area contributed by atoms with Crippen molar-refractivity contribution < 1.29 is 9.53 Å². The van der Waals surface area contributed by atoms with Crippen molar-refractivity contribution in [2.45, 2.75) is 12.7 Å². The van der Waals surface area contributed by atoms with Crippen LogP contribution in [0, 0.1) is 0 Å². The quantitative estimate of drug-likeness (QED) is 0.878. The lowest BCUT2D eigenvalue weighted by Gasteiger charge is -2.31. The molecule has 1 unspecified atom stereocenters. The van der Waals surface area contributed by atoms with Gasteiger partial charge in [0.2, 0.25) is 0 Å².